The van der Waals surface area contributed by atoms with Gasteiger partial charge in [-0.25, -0.2) is 8.42 Å². The maximum atomic E-state index is 13.6. The first-order valence-electron chi connectivity index (χ1n) is 11.4. The predicted octanol–water partition coefficient (Wildman–Crippen LogP) is 3.31. The highest BCUT2D eigenvalue weighted by Crippen LogP contribution is 2.32. The van der Waals surface area contributed by atoms with Gasteiger partial charge in [0.15, 0.2) is 11.5 Å². The molecule has 1 atom stereocenters. The summed E-state index contributed by atoms with van der Waals surface area (Å²) < 4.78 is 36.9. The van der Waals surface area contributed by atoms with Crippen molar-refractivity contribution in [1.29, 1.82) is 0 Å². The van der Waals surface area contributed by atoms with Crippen molar-refractivity contribution in [2.24, 2.45) is 5.92 Å². The molecule has 198 valence electrons. The van der Waals surface area contributed by atoms with Gasteiger partial charge in [-0.15, -0.1) is 0 Å². The molecule has 0 aromatic heterocycles. The van der Waals surface area contributed by atoms with Gasteiger partial charge in [0, 0.05) is 24.2 Å². The average molecular weight is 540 g/mol. The number of hydrogen-bond acceptors (Lipinski definition) is 6. The fraction of sp³-hybridized carbons (Fsp3) is 0.440. The molecule has 9 nitrogen and oxygen atoms in total. The van der Waals surface area contributed by atoms with E-state index in [4.69, 9.17) is 21.1 Å². The third kappa shape index (κ3) is 8.03. The minimum Gasteiger partial charge on any atom is -0.493 e. The quantitative estimate of drug-likeness (QED) is 0.443. The molecule has 2 aromatic rings. The summed E-state index contributed by atoms with van der Waals surface area (Å²) in [6, 6.07) is 10.6. The van der Waals surface area contributed by atoms with Crippen molar-refractivity contribution in [3.63, 3.8) is 0 Å². The van der Waals surface area contributed by atoms with Crippen LogP contribution in [0.1, 0.15) is 26.3 Å². The Bertz CT molecular complexity index is 1170. The van der Waals surface area contributed by atoms with Crippen LogP contribution in [0, 0.1) is 5.92 Å². The van der Waals surface area contributed by atoms with Crippen molar-refractivity contribution in [3.05, 3.63) is 53.1 Å². The molecular weight excluding hydrogens is 506 g/mol. The van der Waals surface area contributed by atoms with Crippen LogP contribution in [-0.4, -0.2) is 64.7 Å². The lowest BCUT2D eigenvalue weighted by Crippen LogP contribution is -2.51. The first kappa shape index (κ1) is 29.3. The Labute approximate surface area is 218 Å². The number of carbonyl (C=O) groups excluding carboxylic acids is 2. The van der Waals surface area contributed by atoms with E-state index in [1.165, 1.54) is 31.3 Å². The minimum absolute atomic E-state index is 0.0686. The van der Waals surface area contributed by atoms with Gasteiger partial charge in [-0.1, -0.05) is 37.6 Å². The van der Waals surface area contributed by atoms with Crippen LogP contribution in [0.3, 0.4) is 0 Å². The Kier molecular flexibility index (Phi) is 10.4. The summed E-state index contributed by atoms with van der Waals surface area (Å²) >= 11 is 6.12. The van der Waals surface area contributed by atoms with Gasteiger partial charge < -0.3 is 19.7 Å². The summed E-state index contributed by atoms with van der Waals surface area (Å²) in [6.45, 7) is 5.54. The van der Waals surface area contributed by atoms with Crippen molar-refractivity contribution >= 4 is 39.1 Å². The number of hydrogen-bond donors (Lipinski definition) is 1. The molecule has 0 saturated carbocycles. The van der Waals surface area contributed by atoms with Crippen LogP contribution in [-0.2, 0) is 26.2 Å². The average Bonchev–Trinajstić information content (AvgIpc) is 2.82. The lowest BCUT2D eigenvalue weighted by atomic mass is 10.1. The molecule has 0 saturated heterocycles. The van der Waals surface area contributed by atoms with E-state index in [2.05, 4.69) is 5.32 Å². The monoisotopic (exact) mass is 539 g/mol. The second kappa shape index (κ2) is 12.8. The largest absolute Gasteiger partial charge is 0.493 e. The van der Waals surface area contributed by atoms with Gasteiger partial charge in [0.1, 0.15) is 12.6 Å². The number of anilines is 1. The van der Waals surface area contributed by atoms with E-state index in [0.29, 0.717) is 28.6 Å². The molecule has 0 unspecified atom stereocenters. The number of benzene rings is 2. The van der Waals surface area contributed by atoms with Crippen LogP contribution in [0.2, 0.25) is 5.02 Å². The number of rotatable bonds is 12. The number of ether oxygens (including phenoxy) is 2. The smallest absolute Gasteiger partial charge is 0.244 e. The molecule has 2 aromatic carbocycles. The summed E-state index contributed by atoms with van der Waals surface area (Å²) in [7, 11) is -0.971. The summed E-state index contributed by atoms with van der Waals surface area (Å²) in [6.07, 6.45) is 1.01. The van der Waals surface area contributed by atoms with Crippen molar-refractivity contribution in [2.75, 3.05) is 37.9 Å². The third-order valence-corrected chi connectivity index (χ3v) is 6.80. The van der Waals surface area contributed by atoms with Crippen molar-refractivity contribution in [3.8, 4) is 11.5 Å². The van der Waals surface area contributed by atoms with Gasteiger partial charge >= 0.3 is 0 Å². The first-order valence-corrected chi connectivity index (χ1v) is 13.6. The molecular formula is C25H34ClN3O6S. The first-order chi connectivity index (χ1) is 16.9. The van der Waals surface area contributed by atoms with Gasteiger partial charge in [-0.05, 0) is 42.7 Å². The van der Waals surface area contributed by atoms with Crippen LogP contribution in [0.4, 0.5) is 5.69 Å². The molecule has 0 aliphatic rings. The number of sulfonamides is 1. The second-order valence-corrected chi connectivity index (χ2v) is 11.1. The molecule has 36 heavy (non-hydrogen) atoms. The zero-order chi connectivity index (χ0) is 27.0. The van der Waals surface area contributed by atoms with E-state index in [0.717, 1.165) is 10.6 Å². The zero-order valence-corrected chi connectivity index (χ0v) is 23.0. The lowest BCUT2D eigenvalue weighted by Gasteiger charge is -2.31. The van der Waals surface area contributed by atoms with E-state index >= 15 is 0 Å². The minimum atomic E-state index is -3.87. The van der Waals surface area contributed by atoms with Crippen molar-refractivity contribution in [2.45, 2.75) is 33.4 Å². The standard InChI is InChI=1S/C25H34ClN3O6S/c1-17(2)14-27-25(31)18(3)28(15-19-8-7-9-20(26)12-19)24(30)16-29(36(6,32)33)21-10-11-22(34-4)23(13-21)35-5/h7-13,17-18H,14-16H2,1-6H3,(H,27,31)/t18-/m0/s1. The highest BCUT2D eigenvalue weighted by atomic mass is 35.5. The normalized spacial score (nSPS) is 12.1. The maximum Gasteiger partial charge on any atom is 0.244 e. The van der Waals surface area contributed by atoms with E-state index < -0.39 is 28.5 Å². The Hall–Kier alpha value is -2.98. The lowest BCUT2D eigenvalue weighted by molar-refractivity contribution is -0.139. The Balaban J connectivity index is 2.42. The van der Waals surface area contributed by atoms with Crippen LogP contribution in [0.25, 0.3) is 0 Å². The van der Waals surface area contributed by atoms with Crippen LogP contribution >= 0.6 is 11.6 Å². The number of nitrogens with one attached hydrogen (secondary N) is 1. The molecule has 0 spiro atoms. The fourth-order valence-corrected chi connectivity index (χ4v) is 4.52. The highest BCUT2D eigenvalue weighted by Gasteiger charge is 2.30. The van der Waals surface area contributed by atoms with E-state index in [9.17, 15) is 18.0 Å². The van der Waals surface area contributed by atoms with Gasteiger partial charge in [0.25, 0.3) is 0 Å². The molecule has 0 aliphatic heterocycles. The topological polar surface area (TPSA) is 105 Å². The van der Waals surface area contributed by atoms with Crippen LogP contribution in [0.15, 0.2) is 42.5 Å². The van der Waals surface area contributed by atoms with E-state index in [1.807, 2.05) is 13.8 Å². The Morgan fingerprint density at radius 1 is 1.03 bits per heavy atom. The third-order valence-electron chi connectivity index (χ3n) is 5.43. The second-order valence-electron chi connectivity index (χ2n) is 8.78. The van der Waals surface area contributed by atoms with Gasteiger partial charge in [-0.3, -0.25) is 13.9 Å². The van der Waals surface area contributed by atoms with E-state index in [-0.39, 0.29) is 24.1 Å². The summed E-state index contributed by atoms with van der Waals surface area (Å²) in [5.41, 5.74) is 0.930. The molecule has 1 N–H and O–H groups in total. The molecule has 0 aliphatic carbocycles. The van der Waals surface area contributed by atoms with Gasteiger partial charge in [0.2, 0.25) is 21.8 Å². The van der Waals surface area contributed by atoms with Gasteiger partial charge in [0.05, 0.1) is 26.2 Å². The SMILES string of the molecule is COc1ccc(N(CC(=O)N(Cc2cccc(Cl)c2)[C@@H](C)C(=O)NCC(C)C)S(C)(=O)=O)cc1OC. The predicted molar refractivity (Wildman–Crippen MR) is 141 cm³/mol. The summed E-state index contributed by atoms with van der Waals surface area (Å²) in [5, 5.41) is 3.32. The zero-order valence-electron chi connectivity index (χ0n) is 21.4. The molecule has 0 heterocycles. The Morgan fingerprint density at radius 2 is 1.69 bits per heavy atom. The maximum absolute atomic E-state index is 13.6. The number of amides is 2. The van der Waals surface area contributed by atoms with Crippen molar-refractivity contribution < 1.29 is 27.5 Å². The molecule has 0 radical (unpaired) electrons. The summed E-state index contributed by atoms with van der Waals surface area (Å²) in [5.74, 6) is 0.0647. The molecule has 2 rings (SSSR count). The molecule has 0 bridgehead atoms. The van der Waals surface area contributed by atoms with Gasteiger partial charge in [-0.2, -0.15) is 0 Å². The number of carbonyl (C=O) groups is 2. The number of methoxy groups -OCH3 is 2. The highest BCUT2D eigenvalue weighted by molar-refractivity contribution is 7.92. The fourth-order valence-electron chi connectivity index (χ4n) is 3.46. The van der Waals surface area contributed by atoms with Crippen LogP contribution in [0.5, 0.6) is 11.5 Å². The Morgan fingerprint density at radius 3 is 2.25 bits per heavy atom. The van der Waals surface area contributed by atoms with Crippen molar-refractivity contribution in [1.82, 2.24) is 10.2 Å². The molecule has 11 heteroatoms. The molecule has 0 fully saturated rings. The van der Waals surface area contributed by atoms with E-state index in [1.54, 1.807) is 37.3 Å². The summed E-state index contributed by atoms with van der Waals surface area (Å²) in [4.78, 5) is 27.8. The number of halogens is 1. The van der Waals surface area contributed by atoms with Crippen LogP contribution < -0.4 is 19.1 Å². The number of nitrogens with zero attached hydrogens (tertiary/aromatic N) is 2. The molecule has 2 amide bonds.